The zero-order chi connectivity index (χ0) is 39.5. The summed E-state index contributed by atoms with van der Waals surface area (Å²) in [7, 11) is 0. The quantitative estimate of drug-likeness (QED) is 0.0728. The van der Waals surface area contributed by atoms with E-state index in [2.05, 4.69) is 0 Å². The summed E-state index contributed by atoms with van der Waals surface area (Å²) < 4.78 is 91.8. The van der Waals surface area contributed by atoms with Crippen molar-refractivity contribution < 1.29 is 90.7 Å². The summed E-state index contributed by atoms with van der Waals surface area (Å²) in [6, 6.07) is 0. The second kappa shape index (κ2) is 53.2. The first-order valence-electron chi connectivity index (χ1n) is 19.4. The zero-order valence-electron chi connectivity index (χ0n) is 33.3. The first kappa shape index (κ1) is 54.2. The molecule has 19 nitrogen and oxygen atoms in total. The highest BCUT2D eigenvalue weighted by Crippen LogP contribution is 1.89. The molecule has 19 heteroatoms. The lowest BCUT2D eigenvalue weighted by Crippen LogP contribution is -2.16. The third-order valence-electron chi connectivity index (χ3n) is 6.42. The number of aliphatic hydroxyl groups is 2. The molecule has 55 heavy (non-hydrogen) atoms. The van der Waals surface area contributed by atoms with Crippen LogP contribution in [0.5, 0.6) is 0 Å². The Kier molecular flexibility index (Phi) is 52.5. The molecular formula is C36H74O19. The van der Waals surface area contributed by atoms with Gasteiger partial charge in [0.2, 0.25) is 0 Å². The van der Waals surface area contributed by atoms with Gasteiger partial charge < -0.3 is 90.7 Å². The van der Waals surface area contributed by atoms with Crippen LogP contribution in [0.2, 0.25) is 0 Å². The van der Waals surface area contributed by atoms with Crippen LogP contribution in [-0.4, -0.2) is 248 Å². The van der Waals surface area contributed by atoms with Crippen molar-refractivity contribution in [2.45, 2.75) is 0 Å². The standard InChI is InChI=1S/C36H74O19/c37-1-3-39-5-7-41-9-11-43-13-15-45-17-19-47-21-23-49-25-27-51-29-31-53-33-35-55-36-34-54-32-30-52-28-26-50-24-22-48-20-18-46-16-14-44-12-10-42-8-6-40-4-2-38/h37-38H,1-36H2. The molecule has 0 fully saturated rings. The van der Waals surface area contributed by atoms with Crippen molar-refractivity contribution in [3.8, 4) is 0 Å². The maximum atomic E-state index is 8.59. The summed E-state index contributed by atoms with van der Waals surface area (Å²) >= 11 is 0. The molecule has 0 aromatic heterocycles. The Bertz CT molecular complexity index is 606. The van der Waals surface area contributed by atoms with Crippen LogP contribution in [0.25, 0.3) is 0 Å². The predicted octanol–water partition coefficient (Wildman–Crippen LogP) is -0.747. The molecule has 0 heterocycles. The summed E-state index contributed by atoms with van der Waals surface area (Å²) in [5.74, 6) is 0. The fourth-order valence-corrected chi connectivity index (χ4v) is 3.75. The fraction of sp³-hybridized carbons (Fsp3) is 1.00. The maximum Gasteiger partial charge on any atom is 0.0701 e. The average molecular weight is 811 g/mol. The van der Waals surface area contributed by atoms with Crippen molar-refractivity contribution >= 4 is 0 Å². The minimum absolute atomic E-state index is 0.0206. The SMILES string of the molecule is OCCOCCOCCOCCOCCOCCOCCOCCOCCOCCOCCOCCOCCOCCOCCOCCOCCOCCO. The van der Waals surface area contributed by atoms with Crippen molar-refractivity contribution in [1.82, 2.24) is 0 Å². The Morgan fingerprint density at radius 3 is 0.273 bits per heavy atom. The largest absolute Gasteiger partial charge is 0.394 e. The molecule has 0 aromatic carbocycles. The second-order valence-corrected chi connectivity index (χ2v) is 10.9. The minimum atomic E-state index is 0.0206. The van der Waals surface area contributed by atoms with Gasteiger partial charge >= 0.3 is 0 Å². The van der Waals surface area contributed by atoms with Gasteiger partial charge in [-0.05, 0) is 0 Å². The van der Waals surface area contributed by atoms with Gasteiger partial charge in [-0.15, -0.1) is 0 Å². The van der Waals surface area contributed by atoms with Crippen molar-refractivity contribution in [3.05, 3.63) is 0 Å². The van der Waals surface area contributed by atoms with Crippen molar-refractivity contribution in [2.24, 2.45) is 0 Å². The van der Waals surface area contributed by atoms with Crippen LogP contribution in [0.4, 0.5) is 0 Å². The number of rotatable bonds is 52. The van der Waals surface area contributed by atoms with Gasteiger partial charge in [0.1, 0.15) is 0 Å². The molecule has 0 aromatic rings. The lowest BCUT2D eigenvalue weighted by atomic mass is 10.6. The number of hydrogen-bond acceptors (Lipinski definition) is 19. The molecular weight excluding hydrogens is 736 g/mol. The first-order chi connectivity index (χ1) is 27.4. The maximum absolute atomic E-state index is 8.59. The smallest absolute Gasteiger partial charge is 0.0701 e. The highest BCUT2D eigenvalue weighted by Gasteiger charge is 1.98. The Hall–Kier alpha value is -0.760. The lowest BCUT2D eigenvalue weighted by molar-refractivity contribution is -0.0309. The van der Waals surface area contributed by atoms with E-state index >= 15 is 0 Å². The molecule has 0 aliphatic heterocycles. The van der Waals surface area contributed by atoms with Gasteiger partial charge in [-0.3, -0.25) is 0 Å². The average Bonchev–Trinajstić information content (AvgIpc) is 3.20. The van der Waals surface area contributed by atoms with E-state index < -0.39 is 0 Å². The van der Waals surface area contributed by atoms with Crippen molar-refractivity contribution in [3.63, 3.8) is 0 Å². The Labute approximate surface area is 328 Å². The number of aliphatic hydroxyl groups excluding tert-OH is 2. The van der Waals surface area contributed by atoms with Crippen LogP contribution in [0.3, 0.4) is 0 Å². The molecule has 0 aliphatic carbocycles. The monoisotopic (exact) mass is 810 g/mol. The predicted molar refractivity (Wildman–Crippen MR) is 198 cm³/mol. The van der Waals surface area contributed by atoms with Gasteiger partial charge in [0.25, 0.3) is 0 Å². The molecule has 0 saturated heterocycles. The van der Waals surface area contributed by atoms with Crippen LogP contribution in [0.1, 0.15) is 0 Å². The highest BCUT2D eigenvalue weighted by molar-refractivity contribution is 4.41. The molecule has 0 radical (unpaired) electrons. The topological polar surface area (TPSA) is 197 Å². The van der Waals surface area contributed by atoms with Gasteiger partial charge in [0, 0.05) is 0 Å². The van der Waals surface area contributed by atoms with Crippen molar-refractivity contribution in [2.75, 3.05) is 238 Å². The van der Waals surface area contributed by atoms with E-state index in [1.54, 1.807) is 0 Å². The normalized spacial score (nSPS) is 11.7. The molecule has 0 unspecified atom stereocenters. The summed E-state index contributed by atoms with van der Waals surface area (Å²) in [4.78, 5) is 0. The van der Waals surface area contributed by atoms with Gasteiger partial charge in [-0.1, -0.05) is 0 Å². The van der Waals surface area contributed by atoms with Gasteiger partial charge in [0.15, 0.2) is 0 Å². The molecule has 332 valence electrons. The van der Waals surface area contributed by atoms with E-state index in [1.807, 2.05) is 0 Å². The van der Waals surface area contributed by atoms with E-state index in [1.165, 1.54) is 0 Å². The minimum Gasteiger partial charge on any atom is -0.394 e. The van der Waals surface area contributed by atoms with E-state index in [-0.39, 0.29) is 13.2 Å². The molecule has 2 N–H and O–H groups in total. The zero-order valence-corrected chi connectivity index (χ0v) is 33.3. The van der Waals surface area contributed by atoms with E-state index in [4.69, 9.17) is 90.7 Å². The second-order valence-electron chi connectivity index (χ2n) is 10.9. The van der Waals surface area contributed by atoms with Gasteiger partial charge in [-0.2, -0.15) is 0 Å². The third kappa shape index (κ3) is 53.2. The summed E-state index contributed by atoms with van der Waals surface area (Å²) in [6.45, 7) is 16.5. The van der Waals surface area contributed by atoms with Crippen LogP contribution in [-0.2, 0) is 80.5 Å². The van der Waals surface area contributed by atoms with Crippen molar-refractivity contribution in [1.29, 1.82) is 0 Å². The van der Waals surface area contributed by atoms with E-state index in [0.717, 1.165) is 0 Å². The molecule has 0 atom stereocenters. The lowest BCUT2D eigenvalue weighted by Gasteiger charge is -2.09. The molecule has 0 bridgehead atoms. The van der Waals surface area contributed by atoms with E-state index in [0.29, 0.717) is 225 Å². The Balaban J connectivity index is 3.05. The number of ether oxygens (including phenoxy) is 17. The Morgan fingerprint density at radius 2 is 0.200 bits per heavy atom. The molecule has 0 saturated carbocycles. The van der Waals surface area contributed by atoms with Crippen LogP contribution < -0.4 is 0 Å². The number of hydrogen-bond donors (Lipinski definition) is 2. The highest BCUT2D eigenvalue weighted by atomic mass is 16.6. The molecule has 0 amide bonds. The van der Waals surface area contributed by atoms with Gasteiger partial charge in [-0.25, -0.2) is 0 Å². The van der Waals surface area contributed by atoms with Crippen LogP contribution in [0, 0.1) is 0 Å². The third-order valence-corrected chi connectivity index (χ3v) is 6.42. The summed E-state index contributed by atoms with van der Waals surface area (Å²) in [5.41, 5.74) is 0. The van der Waals surface area contributed by atoms with E-state index in [9.17, 15) is 0 Å². The molecule has 0 rings (SSSR count). The summed E-state index contributed by atoms with van der Waals surface area (Å²) in [6.07, 6.45) is 0. The van der Waals surface area contributed by atoms with Crippen LogP contribution >= 0.6 is 0 Å². The first-order valence-corrected chi connectivity index (χ1v) is 19.4. The van der Waals surface area contributed by atoms with Crippen LogP contribution in [0.15, 0.2) is 0 Å². The van der Waals surface area contributed by atoms with Gasteiger partial charge in [0.05, 0.1) is 238 Å². The summed E-state index contributed by atoms with van der Waals surface area (Å²) in [5, 5.41) is 17.2. The molecule has 0 aliphatic rings. The molecule has 0 spiro atoms. The fourth-order valence-electron chi connectivity index (χ4n) is 3.75. The Morgan fingerprint density at radius 1 is 0.127 bits per heavy atom.